The average Bonchev–Trinajstić information content (AvgIpc) is 2.79. The van der Waals surface area contributed by atoms with Gasteiger partial charge in [-0.05, 0) is 31.4 Å². The Labute approximate surface area is 188 Å². The van der Waals surface area contributed by atoms with Crippen LogP contribution in [0.5, 0.6) is 0 Å². The predicted octanol–water partition coefficient (Wildman–Crippen LogP) is 3.26. The Hall–Kier alpha value is -3.06. The Morgan fingerprint density at radius 1 is 1.22 bits per heavy atom. The van der Waals surface area contributed by atoms with Crippen LogP contribution in [0.15, 0.2) is 29.7 Å². The van der Waals surface area contributed by atoms with Crippen molar-refractivity contribution in [1.29, 1.82) is 5.26 Å². The van der Waals surface area contributed by atoms with E-state index < -0.39 is 9.84 Å². The number of nitriles is 1. The van der Waals surface area contributed by atoms with Gasteiger partial charge in [0, 0.05) is 31.7 Å². The Kier molecular flexibility index (Phi) is 7.75. The molecule has 1 aliphatic rings. The summed E-state index contributed by atoms with van der Waals surface area (Å²) in [5, 5.41) is 12.8. The zero-order chi connectivity index (χ0) is 23.1. The average molecular weight is 457 g/mol. The van der Waals surface area contributed by atoms with Crippen LogP contribution in [0.3, 0.4) is 0 Å². The number of pyridine rings is 1. The van der Waals surface area contributed by atoms with Gasteiger partial charge in [0.05, 0.1) is 11.9 Å². The monoisotopic (exact) mass is 456 g/mol. The van der Waals surface area contributed by atoms with Gasteiger partial charge >= 0.3 is 0 Å². The molecule has 170 valence electrons. The van der Waals surface area contributed by atoms with Gasteiger partial charge in [-0.2, -0.15) is 5.26 Å². The van der Waals surface area contributed by atoms with Crippen molar-refractivity contribution >= 4 is 32.9 Å². The molecule has 1 fully saturated rings. The smallest absolute Gasteiger partial charge is 0.192 e. The van der Waals surface area contributed by atoms with Crippen molar-refractivity contribution in [3.63, 3.8) is 0 Å². The highest BCUT2D eigenvalue weighted by atomic mass is 32.2. The molecule has 2 aromatic heterocycles. The number of Topliss-reactive ketones (excluding diaryl/α,β-unsaturated/α-hetero) is 1. The van der Waals surface area contributed by atoms with E-state index in [4.69, 9.17) is 0 Å². The van der Waals surface area contributed by atoms with Crippen molar-refractivity contribution in [3.8, 4) is 6.07 Å². The van der Waals surface area contributed by atoms with Crippen LogP contribution < -0.4 is 10.2 Å². The molecular weight excluding hydrogens is 428 g/mol. The minimum Gasteiger partial charge on any atom is -0.355 e. The molecule has 1 saturated heterocycles. The summed E-state index contributed by atoms with van der Waals surface area (Å²) < 4.78 is 23.2. The summed E-state index contributed by atoms with van der Waals surface area (Å²) in [6.45, 7) is 3.43. The molecule has 0 aromatic carbocycles. The molecule has 32 heavy (non-hydrogen) atoms. The molecule has 2 aromatic rings. The number of aromatic nitrogens is 3. The molecule has 0 bridgehead atoms. The third-order valence-corrected chi connectivity index (χ3v) is 6.60. The SMILES string of the molecule is CCCCCC(=O)C1CCN(c2ncnc(Nc3ccc(S(C)(=O)=O)nc3)c2C#N)CC1. The van der Waals surface area contributed by atoms with Crippen molar-refractivity contribution in [2.45, 2.75) is 50.5 Å². The first-order valence-corrected chi connectivity index (χ1v) is 12.7. The van der Waals surface area contributed by atoms with E-state index in [1.807, 2.05) is 4.90 Å². The molecule has 0 aliphatic carbocycles. The van der Waals surface area contributed by atoms with Gasteiger partial charge in [0.2, 0.25) is 0 Å². The lowest BCUT2D eigenvalue weighted by Crippen LogP contribution is -2.37. The number of anilines is 3. The zero-order valence-corrected chi connectivity index (χ0v) is 19.2. The second kappa shape index (κ2) is 10.5. The van der Waals surface area contributed by atoms with Gasteiger partial charge in [0.15, 0.2) is 26.5 Å². The molecular formula is C22H28N6O3S. The van der Waals surface area contributed by atoms with Crippen LogP contribution in [-0.2, 0) is 14.6 Å². The van der Waals surface area contributed by atoms with Crippen molar-refractivity contribution < 1.29 is 13.2 Å². The highest BCUT2D eigenvalue weighted by Gasteiger charge is 2.27. The van der Waals surface area contributed by atoms with E-state index in [0.29, 0.717) is 48.2 Å². The predicted molar refractivity (Wildman–Crippen MR) is 121 cm³/mol. The maximum Gasteiger partial charge on any atom is 0.192 e. The molecule has 10 heteroatoms. The van der Waals surface area contributed by atoms with E-state index in [1.54, 1.807) is 6.07 Å². The maximum atomic E-state index is 12.4. The number of nitrogens with zero attached hydrogens (tertiary/aromatic N) is 5. The third-order valence-electron chi connectivity index (χ3n) is 5.59. The minimum atomic E-state index is -3.39. The summed E-state index contributed by atoms with van der Waals surface area (Å²) in [6, 6.07) is 5.14. The topological polar surface area (TPSA) is 129 Å². The Morgan fingerprint density at radius 3 is 2.56 bits per heavy atom. The number of ketones is 1. The lowest BCUT2D eigenvalue weighted by atomic mass is 9.90. The summed E-state index contributed by atoms with van der Waals surface area (Å²) in [6.07, 6.45) is 9.15. The molecule has 0 atom stereocenters. The first-order chi connectivity index (χ1) is 15.3. The molecule has 3 rings (SSSR count). The number of nitrogens with one attached hydrogen (secondary N) is 1. The fourth-order valence-corrected chi connectivity index (χ4v) is 4.35. The van der Waals surface area contributed by atoms with Crippen LogP contribution in [0.2, 0.25) is 0 Å². The van der Waals surface area contributed by atoms with Crippen molar-refractivity contribution in [3.05, 3.63) is 30.2 Å². The summed E-state index contributed by atoms with van der Waals surface area (Å²) >= 11 is 0. The Bertz CT molecular complexity index is 1090. The molecule has 3 heterocycles. The lowest BCUT2D eigenvalue weighted by Gasteiger charge is -2.32. The van der Waals surface area contributed by atoms with Gasteiger partial charge in [-0.1, -0.05) is 19.8 Å². The third kappa shape index (κ3) is 5.79. The number of carbonyl (C=O) groups excluding carboxylic acids is 1. The van der Waals surface area contributed by atoms with Crippen LogP contribution in [0.1, 0.15) is 51.0 Å². The summed E-state index contributed by atoms with van der Waals surface area (Å²) in [4.78, 5) is 26.9. The van der Waals surface area contributed by atoms with Gasteiger partial charge in [0.1, 0.15) is 23.7 Å². The van der Waals surface area contributed by atoms with E-state index in [-0.39, 0.29) is 10.9 Å². The number of sulfone groups is 1. The molecule has 9 nitrogen and oxygen atoms in total. The number of hydrogen-bond acceptors (Lipinski definition) is 9. The van der Waals surface area contributed by atoms with Crippen molar-refractivity contribution in [2.75, 3.05) is 29.6 Å². The van der Waals surface area contributed by atoms with Gasteiger partial charge in [-0.15, -0.1) is 0 Å². The number of unbranched alkanes of at least 4 members (excludes halogenated alkanes) is 2. The van der Waals surface area contributed by atoms with Crippen LogP contribution in [0.4, 0.5) is 17.3 Å². The largest absolute Gasteiger partial charge is 0.355 e. The number of rotatable bonds is 9. The van der Waals surface area contributed by atoms with E-state index in [1.165, 1.54) is 18.6 Å². The van der Waals surface area contributed by atoms with Crippen molar-refractivity contribution in [2.24, 2.45) is 5.92 Å². The normalized spacial score (nSPS) is 14.7. The summed E-state index contributed by atoms with van der Waals surface area (Å²) in [7, 11) is -3.39. The van der Waals surface area contributed by atoms with Crippen LogP contribution in [0.25, 0.3) is 0 Å². The Balaban J connectivity index is 1.70. The van der Waals surface area contributed by atoms with Gasteiger partial charge in [0.25, 0.3) is 0 Å². The van der Waals surface area contributed by atoms with Crippen LogP contribution >= 0.6 is 0 Å². The lowest BCUT2D eigenvalue weighted by molar-refractivity contribution is -0.123. The maximum absolute atomic E-state index is 12.4. The number of hydrogen-bond donors (Lipinski definition) is 1. The molecule has 0 saturated carbocycles. The van der Waals surface area contributed by atoms with E-state index in [9.17, 15) is 18.5 Å². The second-order valence-electron chi connectivity index (χ2n) is 8.00. The molecule has 1 N–H and O–H groups in total. The standard InChI is InChI=1S/C22H28N6O3S/c1-3-4-5-6-19(29)16-9-11-28(12-10-16)22-18(13-23)21(25-15-26-22)27-17-7-8-20(24-14-17)32(2,30)31/h7-8,14-16H,3-6,9-12H2,1-2H3,(H,25,26,27). The number of carbonyl (C=O) groups is 1. The summed E-state index contributed by atoms with van der Waals surface area (Å²) in [5.74, 6) is 1.27. The fourth-order valence-electron chi connectivity index (χ4n) is 3.79. The minimum absolute atomic E-state index is 0.0287. The second-order valence-corrected chi connectivity index (χ2v) is 9.96. The number of piperidine rings is 1. The van der Waals surface area contributed by atoms with Crippen LogP contribution in [-0.4, -0.2) is 48.5 Å². The van der Waals surface area contributed by atoms with E-state index >= 15 is 0 Å². The highest BCUT2D eigenvalue weighted by molar-refractivity contribution is 7.90. The highest BCUT2D eigenvalue weighted by Crippen LogP contribution is 2.29. The first kappa shape index (κ1) is 23.6. The molecule has 0 amide bonds. The Morgan fingerprint density at radius 2 is 1.97 bits per heavy atom. The first-order valence-electron chi connectivity index (χ1n) is 10.8. The van der Waals surface area contributed by atoms with Gasteiger partial charge in [-0.25, -0.2) is 23.4 Å². The van der Waals surface area contributed by atoms with Crippen LogP contribution in [0, 0.1) is 17.2 Å². The summed E-state index contributed by atoms with van der Waals surface area (Å²) in [5.41, 5.74) is 0.808. The molecule has 1 aliphatic heterocycles. The molecule has 0 unspecified atom stereocenters. The van der Waals surface area contributed by atoms with Gasteiger partial charge in [-0.3, -0.25) is 4.79 Å². The zero-order valence-electron chi connectivity index (χ0n) is 18.4. The van der Waals surface area contributed by atoms with Crippen molar-refractivity contribution in [1.82, 2.24) is 15.0 Å². The van der Waals surface area contributed by atoms with E-state index in [0.717, 1.165) is 38.4 Å². The quantitative estimate of drug-likeness (QED) is 0.565. The van der Waals surface area contributed by atoms with Gasteiger partial charge < -0.3 is 10.2 Å². The van der Waals surface area contributed by atoms with E-state index in [2.05, 4.69) is 33.3 Å². The molecule has 0 radical (unpaired) electrons. The fraction of sp³-hybridized carbons (Fsp3) is 0.500. The molecule has 0 spiro atoms.